The van der Waals surface area contributed by atoms with Gasteiger partial charge in [0.25, 0.3) is 12.3 Å². The highest BCUT2D eigenvalue weighted by Crippen LogP contribution is 2.43. The summed E-state index contributed by atoms with van der Waals surface area (Å²) in [6.07, 6.45) is 2.10. The minimum atomic E-state index is -2.83. The van der Waals surface area contributed by atoms with Gasteiger partial charge in [0.2, 0.25) is 5.91 Å². The number of alkyl halides is 2. The topological polar surface area (TPSA) is 121 Å². The first kappa shape index (κ1) is 24.9. The molecular weight excluding hydrogens is 544 g/mol. The highest BCUT2D eigenvalue weighted by atomic mass is 79.9. The van der Waals surface area contributed by atoms with E-state index in [2.05, 4.69) is 36.4 Å². The highest BCUT2D eigenvalue weighted by Gasteiger charge is 2.27. The molecule has 4 heterocycles. The standard InChI is InChI=1S/C22H22BrF2N7O2S/c1-4-32-11(3)14(7-28-32)13-5-15(19(24)25)29-22-16(13)17(18(35-22)20(26)33)30-21(34)10(2)8-31-9-12(23)6-27-31/h5-7,9-10,19H,4,8H2,1-3H3,(H2,26,33)(H,30,34). The maximum atomic E-state index is 13.7. The number of anilines is 1. The van der Waals surface area contributed by atoms with Crippen LogP contribution >= 0.6 is 27.3 Å². The number of nitrogens with two attached hydrogens (primary N) is 1. The third kappa shape index (κ3) is 4.82. The van der Waals surface area contributed by atoms with E-state index in [-0.39, 0.29) is 27.8 Å². The first-order chi connectivity index (χ1) is 16.6. The van der Waals surface area contributed by atoms with Crippen molar-refractivity contribution < 1.29 is 18.4 Å². The zero-order valence-corrected chi connectivity index (χ0v) is 21.5. The number of halogens is 3. The predicted octanol–water partition coefficient (Wildman–Crippen LogP) is 4.76. The summed E-state index contributed by atoms with van der Waals surface area (Å²) in [5, 5.41) is 11.7. The number of carbonyl (C=O) groups is 2. The number of aromatic nitrogens is 5. The van der Waals surface area contributed by atoms with Gasteiger partial charge in [0, 0.05) is 29.4 Å². The fourth-order valence-electron chi connectivity index (χ4n) is 3.81. The van der Waals surface area contributed by atoms with Crippen molar-refractivity contribution in [1.82, 2.24) is 24.5 Å². The summed E-state index contributed by atoms with van der Waals surface area (Å²) in [5.74, 6) is -1.71. The Morgan fingerprint density at radius 2 is 2.00 bits per heavy atom. The molecule has 3 N–H and O–H groups in total. The SMILES string of the molecule is CCn1ncc(-c2cc(C(F)F)nc3sc(C(N)=O)c(NC(=O)C(C)Cn4cc(Br)cn4)c23)c1C. The fraction of sp³-hybridized carbons (Fsp3) is 0.318. The molecule has 4 rings (SSSR count). The van der Waals surface area contributed by atoms with Crippen molar-refractivity contribution >= 4 is 55.0 Å². The number of fused-ring (bicyclic) bond motifs is 1. The minimum Gasteiger partial charge on any atom is -0.365 e. The second-order valence-corrected chi connectivity index (χ2v) is 9.89. The van der Waals surface area contributed by atoms with E-state index in [1.54, 1.807) is 34.9 Å². The molecule has 0 fully saturated rings. The van der Waals surface area contributed by atoms with Crippen LogP contribution in [-0.2, 0) is 17.9 Å². The third-order valence-electron chi connectivity index (χ3n) is 5.58. The lowest BCUT2D eigenvalue weighted by Crippen LogP contribution is -2.25. The fourth-order valence-corrected chi connectivity index (χ4v) is 5.15. The van der Waals surface area contributed by atoms with Gasteiger partial charge in [0.15, 0.2) is 0 Å². The second-order valence-electron chi connectivity index (χ2n) is 7.98. The first-order valence-corrected chi connectivity index (χ1v) is 12.3. The van der Waals surface area contributed by atoms with Gasteiger partial charge in [0.1, 0.15) is 15.4 Å². The van der Waals surface area contributed by atoms with Gasteiger partial charge >= 0.3 is 0 Å². The molecular formula is C22H22BrF2N7O2S. The molecule has 35 heavy (non-hydrogen) atoms. The normalized spacial score (nSPS) is 12.4. The van der Waals surface area contributed by atoms with Crippen LogP contribution in [0.4, 0.5) is 14.5 Å². The van der Waals surface area contributed by atoms with Crippen LogP contribution in [0.15, 0.2) is 29.1 Å². The Morgan fingerprint density at radius 1 is 1.26 bits per heavy atom. The summed E-state index contributed by atoms with van der Waals surface area (Å²) in [5.41, 5.74) is 7.06. The van der Waals surface area contributed by atoms with Crippen LogP contribution in [0.5, 0.6) is 0 Å². The molecule has 0 aromatic carbocycles. The number of primary amides is 1. The molecule has 0 saturated heterocycles. The Kier molecular flexibility index (Phi) is 6.99. The Labute approximate surface area is 211 Å². The summed E-state index contributed by atoms with van der Waals surface area (Å²) in [6.45, 7) is 6.32. The van der Waals surface area contributed by atoms with E-state index >= 15 is 0 Å². The van der Waals surface area contributed by atoms with Gasteiger partial charge in [0.05, 0.1) is 35.0 Å². The number of rotatable bonds is 8. The summed E-state index contributed by atoms with van der Waals surface area (Å²) in [6, 6.07) is 1.27. The molecule has 0 aliphatic carbocycles. The number of aryl methyl sites for hydroxylation is 1. The van der Waals surface area contributed by atoms with Crippen molar-refractivity contribution in [3.05, 3.63) is 45.4 Å². The molecule has 2 amide bonds. The summed E-state index contributed by atoms with van der Waals surface area (Å²) in [7, 11) is 0. The summed E-state index contributed by atoms with van der Waals surface area (Å²) in [4.78, 5) is 29.7. The van der Waals surface area contributed by atoms with E-state index < -0.39 is 23.9 Å². The van der Waals surface area contributed by atoms with Crippen LogP contribution in [0.1, 0.15) is 41.3 Å². The van der Waals surface area contributed by atoms with Crippen LogP contribution in [0.3, 0.4) is 0 Å². The van der Waals surface area contributed by atoms with Gasteiger partial charge in [-0.2, -0.15) is 10.2 Å². The number of thiophene rings is 1. The van der Waals surface area contributed by atoms with Crippen molar-refractivity contribution in [3.8, 4) is 11.1 Å². The molecule has 13 heteroatoms. The average Bonchev–Trinajstić information content (AvgIpc) is 3.49. The second kappa shape index (κ2) is 9.82. The van der Waals surface area contributed by atoms with E-state index in [1.807, 2.05) is 13.8 Å². The van der Waals surface area contributed by atoms with Crippen molar-refractivity contribution in [1.29, 1.82) is 0 Å². The zero-order chi connectivity index (χ0) is 25.4. The Hall–Kier alpha value is -3.19. The van der Waals surface area contributed by atoms with E-state index in [0.717, 1.165) is 21.5 Å². The van der Waals surface area contributed by atoms with Gasteiger partial charge in [-0.25, -0.2) is 13.8 Å². The van der Waals surface area contributed by atoms with Gasteiger partial charge in [-0.3, -0.25) is 19.0 Å². The van der Waals surface area contributed by atoms with Crippen molar-refractivity contribution in [2.75, 3.05) is 5.32 Å². The lowest BCUT2D eigenvalue weighted by atomic mass is 10.0. The van der Waals surface area contributed by atoms with Gasteiger partial charge < -0.3 is 11.1 Å². The quantitative estimate of drug-likeness (QED) is 0.319. The van der Waals surface area contributed by atoms with Crippen molar-refractivity contribution in [2.45, 2.75) is 40.3 Å². The lowest BCUT2D eigenvalue weighted by molar-refractivity contribution is -0.119. The Balaban J connectivity index is 1.85. The Morgan fingerprint density at radius 3 is 2.57 bits per heavy atom. The largest absolute Gasteiger partial charge is 0.365 e. The molecule has 1 atom stereocenters. The lowest BCUT2D eigenvalue weighted by Gasteiger charge is -2.14. The molecule has 4 aromatic heterocycles. The maximum absolute atomic E-state index is 13.7. The molecule has 184 valence electrons. The maximum Gasteiger partial charge on any atom is 0.280 e. The Bertz CT molecular complexity index is 1430. The van der Waals surface area contributed by atoms with Crippen LogP contribution in [0.2, 0.25) is 0 Å². The molecule has 0 spiro atoms. The van der Waals surface area contributed by atoms with Gasteiger partial charge in [-0.15, -0.1) is 11.3 Å². The molecule has 0 saturated carbocycles. The van der Waals surface area contributed by atoms with Crippen LogP contribution in [0.25, 0.3) is 21.3 Å². The summed E-state index contributed by atoms with van der Waals surface area (Å²) < 4.78 is 31.5. The summed E-state index contributed by atoms with van der Waals surface area (Å²) >= 11 is 4.19. The smallest absolute Gasteiger partial charge is 0.280 e. The molecule has 4 aromatic rings. The number of amides is 2. The van der Waals surface area contributed by atoms with E-state index in [9.17, 15) is 18.4 Å². The molecule has 0 aliphatic heterocycles. The number of pyridine rings is 1. The third-order valence-corrected chi connectivity index (χ3v) is 7.09. The number of nitrogens with one attached hydrogen (secondary N) is 1. The van der Waals surface area contributed by atoms with E-state index in [4.69, 9.17) is 5.73 Å². The number of hydrogen-bond acceptors (Lipinski definition) is 6. The minimum absolute atomic E-state index is 0.0306. The van der Waals surface area contributed by atoms with Crippen LogP contribution in [0, 0.1) is 12.8 Å². The highest BCUT2D eigenvalue weighted by molar-refractivity contribution is 9.10. The zero-order valence-electron chi connectivity index (χ0n) is 19.1. The molecule has 9 nitrogen and oxygen atoms in total. The van der Waals surface area contributed by atoms with Crippen LogP contribution < -0.4 is 11.1 Å². The molecule has 0 aliphatic rings. The number of carbonyl (C=O) groups excluding carboxylic acids is 2. The average molecular weight is 566 g/mol. The van der Waals surface area contributed by atoms with Gasteiger partial charge in [-0.1, -0.05) is 6.92 Å². The van der Waals surface area contributed by atoms with E-state index in [1.165, 1.54) is 6.07 Å². The van der Waals surface area contributed by atoms with Crippen molar-refractivity contribution in [2.24, 2.45) is 11.7 Å². The number of hydrogen-bond donors (Lipinski definition) is 2. The monoisotopic (exact) mass is 565 g/mol. The predicted molar refractivity (Wildman–Crippen MR) is 132 cm³/mol. The van der Waals surface area contributed by atoms with E-state index in [0.29, 0.717) is 23.1 Å². The molecule has 1 unspecified atom stereocenters. The molecule has 0 bridgehead atoms. The molecule has 0 radical (unpaired) electrons. The van der Waals surface area contributed by atoms with Crippen LogP contribution in [-0.4, -0.2) is 36.4 Å². The first-order valence-electron chi connectivity index (χ1n) is 10.7. The van der Waals surface area contributed by atoms with Crippen molar-refractivity contribution in [3.63, 3.8) is 0 Å². The number of nitrogens with zero attached hydrogens (tertiary/aromatic N) is 5. The van der Waals surface area contributed by atoms with Gasteiger partial charge in [-0.05, 0) is 41.4 Å².